The highest BCUT2D eigenvalue weighted by Gasteiger charge is 2.50. The average Bonchev–Trinajstić information content (AvgIpc) is 3.19. The lowest BCUT2D eigenvalue weighted by atomic mass is 9.70. The molecule has 3 heterocycles. The number of hydrogen-bond acceptors (Lipinski definition) is 3. The average molecular weight is 210 g/mol. The van der Waals surface area contributed by atoms with Gasteiger partial charge in [0.25, 0.3) is 0 Å². The zero-order chi connectivity index (χ0) is 9.83. The Kier molecular flexibility index (Phi) is 1.91. The van der Waals surface area contributed by atoms with Crippen molar-refractivity contribution >= 4 is 0 Å². The monoisotopic (exact) mass is 210 g/mol. The van der Waals surface area contributed by atoms with Crippen molar-refractivity contribution in [3.8, 4) is 0 Å². The smallest absolute Gasteiger partial charge is 0.0841 e. The molecular formula is C12H18O3. The molecule has 0 aromatic rings. The van der Waals surface area contributed by atoms with Crippen LogP contribution in [0.3, 0.4) is 0 Å². The summed E-state index contributed by atoms with van der Waals surface area (Å²) in [6.07, 6.45) is 5.71. The van der Waals surface area contributed by atoms with E-state index in [9.17, 15) is 0 Å². The van der Waals surface area contributed by atoms with Crippen molar-refractivity contribution in [2.75, 3.05) is 19.8 Å². The molecule has 1 saturated carbocycles. The molecule has 4 fully saturated rings. The first kappa shape index (κ1) is 8.97. The third-order valence-electron chi connectivity index (χ3n) is 4.55. The highest BCUT2D eigenvalue weighted by Crippen LogP contribution is 2.47. The SMILES string of the molecule is C1CC(C2CO2)C(C2CO2)CC1C1CO1. The van der Waals surface area contributed by atoms with Gasteiger partial charge in [-0.25, -0.2) is 0 Å². The molecule has 1 aliphatic carbocycles. The molecule has 3 heteroatoms. The molecule has 0 spiro atoms. The largest absolute Gasteiger partial charge is 0.373 e. The van der Waals surface area contributed by atoms with E-state index in [2.05, 4.69) is 0 Å². The molecule has 15 heavy (non-hydrogen) atoms. The van der Waals surface area contributed by atoms with Crippen LogP contribution in [0, 0.1) is 17.8 Å². The van der Waals surface area contributed by atoms with Crippen LogP contribution < -0.4 is 0 Å². The molecular weight excluding hydrogens is 192 g/mol. The summed E-state index contributed by atoms with van der Waals surface area (Å²) < 4.78 is 16.4. The summed E-state index contributed by atoms with van der Waals surface area (Å²) in [6, 6.07) is 0. The van der Waals surface area contributed by atoms with E-state index in [-0.39, 0.29) is 0 Å². The molecule has 0 aromatic heterocycles. The second kappa shape index (κ2) is 3.19. The van der Waals surface area contributed by atoms with Gasteiger partial charge < -0.3 is 14.2 Å². The van der Waals surface area contributed by atoms with Gasteiger partial charge in [0.1, 0.15) is 0 Å². The molecule has 0 radical (unpaired) electrons. The standard InChI is InChI=1S/C12H18O3/c1-2-8(11-5-14-11)9(12-6-15-12)3-7(1)10-4-13-10/h7-12H,1-6H2. The minimum Gasteiger partial charge on any atom is -0.373 e. The fourth-order valence-electron chi connectivity index (χ4n) is 3.42. The molecule has 3 saturated heterocycles. The first-order valence-corrected chi connectivity index (χ1v) is 6.26. The van der Waals surface area contributed by atoms with Gasteiger partial charge in [-0.05, 0) is 37.0 Å². The Morgan fingerprint density at radius 2 is 1.27 bits per heavy atom. The van der Waals surface area contributed by atoms with Crippen molar-refractivity contribution in [1.82, 2.24) is 0 Å². The summed E-state index contributed by atoms with van der Waals surface area (Å²) in [7, 11) is 0. The van der Waals surface area contributed by atoms with E-state index in [0.717, 1.165) is 37.6 Å². The molecule has 6 unspecified atom stereocenters. The van der Waals surface area contributed by atoms with E-state index in [4.69, 9.17) is 14.2 Å². The van der Waals surface area contributed by atoms with Gasteiger partial charge in [0.2, 0.25) is 0 Å². The van der Waals surface area contributed by atoms with Crippen LogP contribution in [-0.4, -0.2) is 38.1 Å². The Balaban J connectivity index is 1.47. The lowest BCUT2D eigenvalue weighted by Crippen LogP contribution is -2.33. The van der Waals surface area contributed by atoms with Gasteiger partial charge in [-0.1, -0.05) is 0 Å². The highest BCUT2D eigenvalue weighted by molar-refractivity contribution is 4.98. The van der Waals surface area contributed by atoms with Crippen molar-refractivity contribution in [3.05, 3.63) is 0 Å². The Morgan fingerprint density at radius 3 is 1.87 bits per heavy atom. The number of ether oxygens (including phenoxy) is 3. The van der Waals surface area contributed by atoms with Gasteiger partial charge in [0, 0.05) is 0 Å². The van der Waals surface area contributed by atoms with Gasteiger partial charge in [-0.2, -0.15) is 0 Å². The van der Waals surface area contributed by atoms with Gasteiger partial charge in [0.05, 0.1) is 38.1 Å². The van der Waals surface area contributed by atoms with Gasteiger partial charge in [-0.3, -0.25) is 0 Å². The minimum atomic E-state index is 0.556. The number of rotatable bonds is 3. The molecule has 3 nitrogen and oxygen atoms in total. The fourth-order valence-corrected chi connectivity index (χ4v) is 3.42. The quantitative estimate of drug-likeness (QED) is 0.657. The van der Waals surface area contributed by atoms with Crippen LogP contribution in [0.15, 0.2) is 0 Å². The maximum Gasteiger partial charge on any atom is 0.0841 e. The molecule has 0 amide bonds. The van der Waals surface area contributed by atoms with Crippen molar-refractivity contribution in [2.45, 2.75) is 37.6 Å². The van der Waals surface area contributed by atoms with E-state index >= 15 is 0 Å². The molecule has 84 valence electrons. The van der Waals surface area contributed by atoms with E-state index in [1.807, 2.05) is 0 Å². The van der Waals surface area contributed by atoms with Crippen LogP contribution in [0.25, 0.3) is 0 Å². The molecule has 6 atom stereocenters. The van der Waals surface area contributed by atoms with Crippen molar-refractivity contribution in [3.63, 3.8) is 0 Å². The van der Waals surface area contributed by atoms with E-state index in [1.165, 1.54) is 19.3 Å². The van der Waals surface area contributed by atoms with Crippen molar-refractivity contribution in [2.24, 2.45) is 17.8 Å². The van der Waals surface area contributed by atoms with Crippen LogP contribution in [0.2, 0.25) is 0 Å². The maximum absolute atomic E-state index is 5.51. The second-order valence-electron chi connectivity index (χ2n) is 5.52. The third kappa shape index (κ3) is 1.71. The van der Waals surface area contributed by atoms with Crippen LogP contribution in [-0.2, 0) is 14.2 Å². The first-order valence-electron chi connectivity index (χ1n) is 6.26. The molecule has 0 bridgehead atoms. The summed E-state index contributed by atoms with van der Waals surface area (Å²) in [5.74, 6) is 2.36. The molecule has 4 aliphatic rings. The predicted molar refractivity (Wildman–Crippen MR) is 53.5 cm³/mol. The molecule has 0 aromatic carbocycles. The Morgan fingerprint density at radius 1 is 0.667 bits per heavy atom. The van der Waals surface area contributed by atoms with Gasteiger partial charge in [0.15, 0.2) is 0 Å². The molecule has 0 N–H and O–H groups in total. The Hall–Kier alpha value is -0.120. The summed E-state index contributed by atoms with van der Waals surface area (Å²) in [6.45, 7) is 3.00. The van der Waals surface area contributed by atoms with Crippen LogP contribution in [0.1, 0.15) is 19.3 Å². The third-order valence-corrected chi connectivity index (χ3v) is 4.55. The zero-order valence-electron chi connectivity index (χ0n) is 8.93. The summed E-state index contributed by atoms with van der Waals surface area (Å²) in [5, 5.41) is 0. The maximum atomic E-state index is 5.51. The first-order chi connectivity index (χ1) is 7.42. The van der Waals surface area contributed by atoms with Crippen LogP contribution >= 0.6 is 0 Å². The number of hydrogen-bond donors (Lipinski definition) is 0. The van der Waals surface area contributed by atoms with Gasteiger partial charge in [-0.15, -0.1) is 0 Å². The highest BCUT2D eigenvalue weighted by atomic mass is 16.6. The normalized spacial score (nSPS) is 57.6. The Labute approximate surface area is 90.1 Å². The van der Waals surface area contributed by atoms with E-state index < -0.39 is 0 Å². The van der Waals surface area contributed by atoms with Crippen LogP contribution in [0.5, 0.6) is 0 Å². The van der Waals surface area contributed by atoms with Gasteiger partial charge >= 0.3 is 0 Å². The zero-order valence-corrected chi connectivity index (χ0v) is 8.93. The van der Waals surface area contributed by atoms with E-state index in [1.54, 1.807) is 0 Å². The topological polar surface area (TPSA) is 37.6 Å². The lowest BCUT2D eigenvalue weighted by Gasteiger charge is -2.34. The van der Waals surface area contributed by atoms with Crippen molar-refractivity contribution in [1.29, 1.82) is 0 Å². The summed E-state index contributed by atoms with van der Waals surface area (Å²) >= 11 is 0. The van der Waals surface area contributed by atoms with E-state index in [0.29, 0.717) is 18.3 Å². The fraction of sp³-hybridized carbons (Fsp3) is 1.00. The second-order valence-corrected chi connectivity index (χ2v) is 5.52. The Bertz CT molecular complexity index is 256. The molecule has 4 rings (SSSR count). The van der Waals surface area contributed by atoms with Crippen LogP contribution in [0.4, 0.5) is 0 Å². The predicted octanol–water partition coefficient (Wildman–Crippen LogP) is 1.22. The lowest BCUT2D eigenvalue weighted by molar-refractivity contribution is 0.104. The minimum absolute atomic E-state index is 0.556. The summed E-state index contributed by atoms with van der Waals surface area (Å²) in [4.78, 5) is 0. The summed E-state index contributed by atoms with van der Waals surface area (Å²) in [5.41, 5.74) is 0. The molecule has 3 aliphatic heterocycles. The van der Waals surface area contributed by atoms with Crippen molar-refractivity contribution < 1.29 is 14.2 Å². The number of epoxide rings is 3.